The lowest BCUT2D eigenvalue weighted by Crippen LogP contribution is -2.29. The summed E-state index contributed by atoms with van der Waals surface area (Å²) in [4.78, 5) is 24.5. The van der Waals surface area contributed by atoms with Crippen LogP contribution < -0.4 is 5.32 Å². The average Bonchev–Trinajstić information content (AvgIpc) is 3.01. The van der Waals surface area contributed by atoms with E-state index >= 15 is 0 Å². The van der Waals surface area contributed by atoms with Gasteiger partial charge in [-0.15, -0.1) is 11.3 Å². The molecule has 0 saturated heterocycles. The molecule has 0 bridgehead atoms. The van der Waals surface area contributed by atoms with Crippen LogP contribution in [0, 0.1) is 5.82 Å². The van der Waals surface area contributed by atoms with Crippen LogP contribution >= 0.6 is 11.3 Å². The molecule has 0 radical (unpaired) electrons. The van der Waals surface area contributed by atoms with E-state index in [0.717, 1.165) is 11.3 Å². The topological polar surface area (TPSA) is 55.4 Å². The zero-order valence-corrected chi connectivity index (χ0v) is 13.6. The number of anilines is 1. The highest BCUT2D eigenvalue weighted by atomic mass is 32.1. The highest BCUT2D eigenvalue weighted by molar-refractivity contribution is 7.20. The first-order valence-electron chi connectivity index (χ1n) is 7.29. The van der Waals surface area contributed by atoms with Gasteiger partial charge in [0.1, 0.15) is 10.7 Å². The lowest BCUT2D eigenvalue weighted by atomic mass is 10.2. The lowest BCUT2D eigenvalue weighted by molar-refractivity contribution is -0.123. The molecule has 6 heteroatoms. The minimum absolute atomic E-state index is 0.259. The Labute approximate surface area is 141 Å². The zero-order chi connectivity index (χ0) is 17.1. The fourth-order valence-corrected chi connectivity index (χ4v) is 3.12. The van der Waals surface area contributed by atoms with Gasteiger partial charge in [0.2, 0.25) is 0 Å². The van der Waals surface area contributed by atoms with Gasteiger partial charge in [-0.05, 0) is 37.3 Å². The van der Waals surface area contributed by atoms with Gasteiger partial charge >= 0.3 is 5.97 Å². The number of rotatable bonds is 4. The van der Waals surface area contributed by atoms with Crippen LogP contribution in [-0.2, 0) is 9.53 Å². The third-order valence-electron chi connectivity index (χ3n) is 3.40. The second kappa shape index (κ2) is 6.80. The number of ether oxygens (including phenoxy) is 1. The van der Waals surface area contributed by atoms with Crippen molar-refractivity contribution in [1.82, 2.24) is 0 Å². The predicted octanol–water partition coefficient (Wildman–Crippen LogP) is 4.22. The average molecular weight is 343 g/mol. The number of fused-ring (bicyclic) bond motifs is 1. The Balaban J connectivity index is 1.68. The molecule has 0 aliphatic rings. The molecule has 0 fully saturated rings. The summed E-state index contributed by atoms with van der Waals surface area (Å²) in [5.74, 6) is -1.47. The van der Waals surface area contributed by atoms with E-state index in [4.69, 9.17) is 4.74 Å². The van der Waals surface area contributed by atoms with Crippen molar-refractivity contribution >= 4 is 39.0 Å². The van der Waals surface area contributed by atoms with E-state index in [1.807, 2.05) is 6.07 Å². The predicted molar refractivity (Wildman–Crippen MR) is 91.7 cm³/mol. The second-order valence-corrected chi connectivity index (χ2v) is 6.25. The maximum Gasteiger partial charge on any atom is 0.349 e. The van der Waals surface area contributed by atoms with Crippen LogP contribution in [-0.4, -0.2) is 18.0 Å². The van der Waals surface area contributed by atoms with Gasteiger partial charge in [-0.2, -0.15) is 0 Å². The van der Waals surface area contributed by atoms with E-state index < -0.39 is 23.8 Å². The minimum Gasteiger partial charge on any atom is -0.448 e. The summed E-state index contributed by atoms with van der Waals surface area (Å²) in [5.41, 5.74) is 0.620. The van der Waals surface area contributed by atoms with E-state index in [-0.39, 0.29) is 4.88 Å². The molecule has 1 heterocycles. The van der Waals surface area contributed by atoms with E-state index in [1.54, 1.807) is 36.4 Å². The van der Waals surface area contributed by atoms with Crippen molar-refractivity contribution in [2.45, 2.75) is 13.0 Å². The monoisotopic (exact) mass is 343 g/mol. The normalized spacial score (nSPS) is 11.9. The molecule has 4 nitrogen and oxygen atoms in total. The molecule has 0 saturated carbocycles. The first-order chi connectivity index (χ1) is 11.5. The Morgan fingerprint density at radius 2 is 1.88 bits per heavy atom. The third-order valence-corrected chi connectivity index (χ3v) is 4.48. The lowest BCUT2D eigenvalue weighted by Gasteiger charge is -2.12. The number of benzene rings is 2. The maximum absolute atomic E-state index is 13.7. The number of carbonyl (C=O) groups excluding carboxylic acids is 2. The summed E-state index contributed by atoms with van der Waals surface area (Å²) in [6.07, 6.45) is -0.965. The maximum atomic E-state index is 13.7. The smallest absolute Gasteiger partial charge is 0.349 e. The molecule has 0 aliphatic carbocycles. The molecule has 0 spiro atoms. The number of hydrogen-bond acceptors (Lipinski definition) is 4. The third kappa shape index (κ3) is 3.44. The van der Waals surface area contributed by atoms with E-state index in [1.165, 1.54) is 19.1 Å². The van der Waals surface area contributed by atoms with Crippen LogP contribution in [0.1, 0.15) is 16.6 Å². The molecule has 1 atom stereocenters. The van der Waals surface area contributed by atoms with Gasteiger partial charge in [0.25, 0.3) is 5.91 Å². The second-order valence-electron chi connectivity index (χ2n) is 5.17. The molecular formula is C18H14FNO3S. The minimum atomic E-state index is -0.965. The van der Waals surface area contributed by atoms with Crippen molar-refractivity contribution in [2.75, 3.05) is 5.32 Å². The SMILES string of the molecule is C[C@@H](OC(=O)c1cc2c(F)cccc2s1)C(=O)Nc1ccccc1. The Morgan fingerprint density at radius 1 is 1.12 bits per heavy atom. The number of thiophene rings is 1. The summed E-state index contributed by atoms with van der Waals surface area (Å²) in [7, 11) is 0. The number of esters is 1. The van der Waals surface area contributed by atoms with Crippen LogP contribution in [0.5, 0.6) is 0 Å². The number of carbonyl (C=O) groups is 2. The first kappa shape index (κ1) is 16.1. The van der Waals surface area contributed by atoms with Crippen molar-refractivity contribution in [3.8, 4) is 0 Å². The van der Waals surface area contributed by atoms with Crippen LogP contribution in [0.2, 0.25) is 0 Å². The Bertz CT molecular complexity index is 892. The standard InChI is InChI=1S/C18H14FNO3S/c1-11(17(21)20-12-6-3-2-4-7-12)23-18(22)16-10-13-14(19)8-5-9-15(13)24-16/h2-11H,1H3,(H,20,21)/t11-/m1/s1. The van der Waals surface area contributed by atoms with Gasteiger partial charge in [-0.3, -0.25) is 4.79 Å². The molecule has 122 valence electrons. The molecule has 2 aromatic carbocycles. The van der Waals surface area contributed by atoms with Gasteiger partial charge in [0.15, 0.2) is 6.10 Å². The van der Waals surface area contributed by atoms with E-state index in [2.05, 4.69) is 5.32 Å². The van der Waals surface area contributed by atoms with Crippen LogP contribution in [0.4, 0.5) is 10.1 Å². The summed E-state index contributed by atoms with van der Waals surface area (Å²) < 4.78 is 19.5. The summed E-state index contributed by atoms with van der Waals surface area (Å²) in [6.45, 7) is 1.49. The van der Waals surface area contributed by atoms with Gasteiger partial charge in [0.05, 0.1) is 0 Å². The highest BCUT2D eigenvalue weighted by Crippen LogP contribution is 2.28. The number of nitrogens with one attached hydrogen (secondary N) is 1. The molecule has 0 unspecified atom stereocenters. The Kier molecular flexibility index (Phi) is 4.57. The molecule has 1 amide bonds. The molecule has 1 N–H and O–H groups in total. The fraction of sp³-hybridized carbons (Fsp3) is 0.111. The summed E-state index contributed by atoms with van der Waals surface area (Å²) >= 11 is 1.13. The highest BCUT2D eigenvalue weighted by Gasteiger charge is 2.21. The molecule has 3 aromatic rings. The van der Waals surface area contributed by atoms with Crippen LogP contribution in [0.25, 0.3) is 10.1 Å². The van der Waals surface area contributed by atoms with Crippen molar-refractivity contribution in [3.63, 3.8) is 0 Å². The van der Waals surface area contributed by atoms with E-state index in [9.17, 15) is 14.0 Å². The molecular weight excluding hydrogens is 329 g/mol. The van der Waals surface area contributed by atoms with Crippen molar-refractivity contribution in [2.24, 2.45) is 0 Å². The van der Waals surface area contributed by atoms with Gasteiger partial charge in [0, 0.05) is 15.8 Å². The summed E-state index contributed by atoms with van der Waals surface area (Å²) in [6, 6.07) is 15.0. The summed E-state index contributed by atoms with van der Waals surface area (Å²) in [5, 5.41) is 3.03. The molecule has 24 heavy (non-hydrogen) atoms. The fourth-order valence-electron chi connectivity index (χ4n) is 2.16. The zero-order valence-electron chi connectivity index (χ0n) is 12.8. The molecule has 3 rings (SSSR count). The van der Waals surface area contributed by atoms with Gasteiger partial charge in [-0.1, -0.05) is 24.3 Å². The largest absolute Gasteiger partial charge is 0.448 e. The Hall–Kier alpha value is -2.73. The number of hydrogen-bond donors (Lipinski definition) is 1. The number of halogens is 1. The van der Waals surface area contributed by atoms with Crippen LogP contribution in [0.15, 0.2) is 54.6 Å². The van der Waals surface area contributed by atoms with Crippen LogP contribution in [0.3, 0.4) is 0 Å². The van der Waals surface area contributed by atoms with Crippen molar-refractivity contribution < 1.29 is 18.7 Å². The number of para-hydroxylation sites is 1. The van der Waals surface area contributed by atoms with Gasteiger partial charge < -0.3 is 10.1 Å². The quantitative estimate of drug-likeness (QED) is 0.722. The number of amides is 1. The molecule has 1 aromatic heterocycles. The van der Waals surface area contributed by atoms with Crippen molar-refractivity contribution in [1.29, 1.82) is 0 Å². The molecule has 0 aliphatic heterocycles. The van der Waals surface area contributed by atoms with Gasteiger partial charge in [-0.25, -0.2) is 9.18 Å². The van der Waals surface area contributed by atoms with Crippen molar-refractivity contribution in [3.05, 3.63) is 65.3 Å². The first-order valence-corrected chi connectivity index (χ1v) is 8.11. The Morgan fingerprint density at radius 3 is 2.58 bits per heavy atom. The van der Waals surface area contributed by atoms with E-state index in [0.29, 0.717) is 15.8 Å².